The lowest BCUT2D eigenvalue weighted by Gasteiger charge is -2.19. The second-order valence-electron chi connectivity index (χ2n) is 4.62. The Morgan fingerprint density at radius 3 is 2.86 bits per heavy atom. The van der Waals surface area contributed by atoms with Crippen molar-refractivity contribution < 1.29 is 4.79 Å². The summed E-state index contributed by atoms with van der Waals surface area (Å²) in [6.07, 6.45) is 1.12. The van der Waals surface area contributed by atoms with Crippen molar-refractivity contribution in [2.75, 3.05) is 13.1 Å². The molecule has 14 heavy (non-hydrogen) atoms. The summed E-state index contributed by atoms with van der Waals surface area (Å²) in [5, 5.41) is 1.95. The van der Waals surface area contributed by atoms with Crippen LogP contribution in [0.5, 0.6) is 0 Å². The fourth-order valence-electron chi connectivity index (χ4n) is 1.84. The van der Waals surface area contributed by atoms with E-state index in [1.807, 2.05) is 22.4 Å². The Morgan fingerprint density at radius 1 is 1.57 bits per heavy atom. The van der Waals surface area contributed by atoms with Crippen molar-refractivity contribution in [3.05, 3.63) is 22.4 Å². The molecule has 0 saturated carbocycles. The number of thiophene rings is 1. The molecule has 1 aromatic heterocycles. The van der Waals surface area contributed by atoms with E-state index in [1.165, 1.54) is 11.3 Å². The van der Waals surface area contributed by atoms with Crippen LogP contribution >= 0.6 is 11.3 Å². The molecule has 2 heterocycles. The smallest absolute Gasteiger partial charge is 0.263 e. The van der Waals surface area contributed by atoms with Crippen molar-refractivity contribution in [2.24, 2.45) is 5.41 Å². The predicted octanol–water partition coefficient (Wildman–Crippen LogP) is 2.62. The second-order valence-corrected chi connectivity index (χ2v) is 5.57. The number of hydrogen-bond acceptors (Lipinski definition) is 2. The maximum absolute atomic E-state index is 11.9. The Morgan fingerprint density at radius 2 is 2.36 bits per heavy atom. The molecular formula is C11H15NOS. The van der Waals surface area contributed by atoms with Crippen LogP contribution in [0.25, 0.3) is 0 Å². The van der Waals surface area contributed by atoms with Crippen LogP contribution in [0.15, 0.2) is 17.5 Å². The predicted molar refractivity (Wildman–Crippen MR) is 58.6 cm³/mol. The van der Waals surface area contributed by atoms with Gasteiger partial charge < -0.3 is 4.90 Å². The highest BCUT2D eigenvalue weighted by Gasteiger charge is 2.32. The van der Waals surface area contributed by atoms with E-state index < -0.39 is 0 Å². The van der Waals surface area contributed by atoms with Crippen LogP contribution in [0, 0.1) is 5.41 Å². The highest BCUT2D eigenvalue weighted by atomic mass is 32.1. The van der Waals surface area contributed by atoms with Crippen molar-refractivity contribution >= 4 is 17.2 Å². The molecule has 0 bridgehead atoms. The van der Waals surface area contributed by atoms with E-state index in [-0.39, 0.29) is 5.91 Å². The van der Waals surface area contributed by atoms with Gasteiger partial charge in [-0.1, -0.05) is 19.9 Å². The molecule has 2 rings (SSSR count). The van der Waals surface area contributed by atoms with Crippen LogP contribution in [0.3, 0.4) is 0 Å². The molecule has 76 valence electrons. The van der Waals surface area contributed by atoms with Gasteiger partial charge in [0.2, 0.25) is 0 Å². The number of hydrogen-bond donors (Lipinski definition) is 0. The normalized spacial score (nSPS) is 20.0. The number of carbonyl (C=O) groups is 1. The summed E-state index contributed by atoms with van der Waals surface area (Å²) in [5.41, 5.74) is 0.299. The van der Waals surface area contributed by atoms with Gasteiger partial charge in [0.25, 0.3) is 5.91 Å². The average molecular weight is 209 g/mol. The van der Waals surface area contributed by atoms with Crippen molar-refractivity contribution in [3.63, 3.8) is 0 Å². The number of rotatable bonds is 1. The number of likely N-dealkylation sites (tertiary alicyclic amines) is 1. The minimum atomic E-state index is 0.200. The minimum Gasteiger partial charge on any atom is -0.337 e. The quantitative estimate of drug-likeness (QED) is 0.696. The Kier molecular flexibility index (Phi) is 2.35. The average Bonchev–Trinajstić information content (AvgIpc) is 2.72. The van der Waals surface area contributed by atoms with Crippen LogP contribution in [0.1, 0.15) is 29.9 Å². The summed E-state index contributed by atoms with van der Waals surface area (Å²) >= 11 is 1.53. The van der Waals surface area contributed by atoms with E-state index in [0.29, 0.717) is 5.41 Å². The maximum atomic E-state index is 11.9. The third-order valence-corrected chi connectivity index (χ3v) is 3.55. The van der Waals surface area contributed by atoms with E-state index in [2.05, 4.69) is 13.8 Å². The van der Waals surface area contributed by atoms with Gasteiger partial charge in [-0.05, 0) is 23.3 Å². The molecule has 3 heteroatoms. The Bertz CT molecular complexity index is 329. The molecule has 0 atom stereocenters. The molecule has 0 spiro atoms. The SMILES string of the molecule is CC1(C)CCN(C(=O)c2cccs2)C1. The maximum Gasteiger partial charge on any atom is 0.263 e. The monoisotopic (exact) mass is 209 g/mol. The highest BCUT2D eigenvalue weighted by molar-refractivity contribution is 7.12. The van der Waals surface area contributed by atoms with E-state index in [4.69, 9.17) is 0 Å². The fourth-order valence-corrected chi connectivity index (χ4v) is 2.53. The minimum absolute atomic E-state index is 0.200. The molecule has 1 aliphatic heterocycles. The van der Waals surface area contributed by atoms with Gasteiger partial charge in [0.05, 0.1) is 4.88 Å². The van der Waals surface area contributed by atoms with Crippen LogP contribution in [-0.2, 0) is 0 Å². The van der Waals surface area contributed by atoms with Crippen LogP contribution in [0.2, 0.25) is 0 Å². The lowest BCUT2D eigenvalue weighted by molar-refractivity contribution is 0.0783. The van der Waals surface area contributed by atoms with Gasteiger partial charge >= 0.3 is 0 Å². The first kappa shape index (κ1) is 9.71. The summed E-state index contributed by atoms with van der Waals surface area (Å²) in [5.74, 6) is 0.200. The third kappa shape index (κ3) is 1.82. The van der Waals surface area contributed by atoms with Crippen molar-refractivity contribution in [1.29, 1.82) is 0 Å². The van der Waals surface area contributed by atoms with Gasteiger partial charge in [0, 0.05) is 13.1 Å². The molecule has 0 N–H and O–H groups in total. The molecule has 0 aliphatic carbocycles. The van der Waals surface area contributed by atoms with Crippen LogP contribution < -0.4 is 0 Å². The summed E-state index contributed by atoms with van der Waals surface area (Å²) in [4.78, 5) is 14.8. The molecule has 0 aromatic carbocycles. The molecule has 1 fully saturated rings. The van der Waals surface area contributed by atoms with E-state index in [0.717, 1.165) is 24.4 Å². The first-order chi connectivity index (χ1) is 6.58. The second kappa shape index (κ2) is 3.39. The van der Waals surface area contributed by atoms with E-state index in [9.17, 15) is 4.79 Å². The summed E-state index contributed by atoms with van der Waals surface area (Å²) in [6, 6.07) is 3.83. The zero-order valence-corrected chi connectivity index (χ0v) is 9.43. The largest absolute Gasteiger partial charge is 0.337 e. The highest BCUT2D eigenvalue weighted by Crippen LogP contribution is 2.30. The number of carbonyl (C=O) groups excluding carboxylic acids is 1. The standard InChI is InChI=1S/C11H15NOS/c1-11(2)5-6-12(8-11)10(13)9-4-3-7-14-9/h3-4,7H,5-6,8H2,1-2H3. The van der Waals surface area contributed by atoms with Crippen molar-refractivity contribution in [1.82, 2.24) is 4.90 Å². The van der Waals surface area contributed by atoms with Crippen LogP contribution in [-0.4, -0.2) is 23.9 Å². The van der Waals surface area contributed by atoms with Gasteiger partial charge in [0.1, 0.15) is 0 Å². The first-order valence-electron chi connectivity index (χ1n) is 4.91. The molecule has 1 aromatic rings. The Balaban J connectivity index is 2.08. The molecule has 1 saturated heterocycles. The summed E-state index contributed by atoms with van der Waals surface area (Å²) in [6.45, 7) is 6.23. The molecule has 1 amide bonds. The lowest BCUT2D eigenvalue weighted by Crippen LogP contribution is -2.29. The summed E-state index contributed by atoms with van der Waals surface area (Å²) < 4.78 is 0. The number of nitrogens with zero attached hydrogens (tertiary/aromatic N) is 1. The Hall–Kier alpha value is -0.830. The Labute approximate surface area is 88.5 Å². The van der Waals surface area contributed by atoms with E-state index in [1.54, 1.807) is 0 Å². The third-order valence-electron chi connectivity index (χ3n) is 2.70. The van der Waals surface area contributed by atoms with E-state index >= 15 is 0 Å². The zero-order valence-electron chi connectivity index (χ0n) is 8.62. The van der Waals surface area contributed by atoms with Gasteiger partial charge in [-0.3, -0.25) is 4.79 Å². The van der Waals surface area contributed by atoms with Gasteiger partial charge in [-0.2, -0.15) is 0 Å². The van der Waals surface area contributed by atoms with Gasteiger partial charge in [-0.25, -0.2) is 0 Å². The van der Waals surface area contributed by atoms with Gasteiger partial charge in [0.15, 0.2) is 0 Å². The fraction of sp³-hybridized carbons (Fsp3) is 0.545. The molecule has 1 aliphatic rings. The zero-order chi connectivity index (χ0) is 10.2. The first-order valence-corrected chi connectivity index (χ1v) is 5.79. The summed E-state index contributed by atoms with van der Waals surface area (Å²) in [7, 11) is 0. The van der Waals surface area contributed by atoms with Crippen LogP contribution in [0.4, 0.5) is 0 Å². The topological polar surface area (TPSA) is 20.3 Å². The van der Waals surface area contributed by atoms with Gasteiger partial charge in [-0.15, -0.1) is 11.3 Å². The van der Waals surface area contributed by atoms with Crippen molar-refractivity contribution in [2.45, 2.75) is 20.3 Å². The van der Waals surface area contributed by atoms with Crippen molar-refractivity contribution in [3.8, 4) is 0 Å². The molecule has 0 unspecified atom stereocenters. The molecule has 0 radical (unpaired) electrons. The number of amides is 1. The lowest BCUT2D eigenvalue weighted by atomic mass is 9.93. The molecule has 2 nitrogen and oxygen atoms in total. The molecular weight excluding hydrogens is 194 g/mol.